The van der Waals surface area contributed by atoms with Gasteiger partial charge >= 0.3 is 0 Å². The molecule has 0 bridgehead atoms. The number of amides is 1. The summed E-state index contributed by atoms with van der Waals surface area (Å²) in [5, 5.41) is 6.57. The molecule has 1 saturated heterocycles. The van der Waals surface area contributed by atoms with Crippen LogP contribution in [0.4, 0.5) is 4.39 Å². The molecule has 0 radical (unpaired) electrons. The summed E-state index contributed by atoms with van der Waals surface area (Å²) >= 11 is 6.11. The van der Waals surface area contributed by atoms with Crippen LogP contribution in [0.1, 0.15) is 67.1 Å². The summed E-state index contributed by atoms with van der Waals surface area (Å²) in [6.45, 7) is 6.44. The van der Waals surface area contributed by atoms with Crippen molar-refractivity contribution in [1.29, 1.82) is 0 Å². The number of benzene rings is 2. The zero-order valence-electron chi connectivity index (χ0n) is 22.7. The maximum absolute atomic E-state index is 13.9. The van der Waals surface area contributed by atoms with Gasteiger partial charge in [-0.25, -0.2) is 4.39 Å². The molecular weight excluding hydrogens is 517 g/mol. The molecule has 2 aliphatic rings. The molecule has 8 heteroatoms. The molecule has 0 atom stereocenters. The van der Waals surface area contributed by atoms with E-state index in [0.717, 1.165) is 55.7 Å². The van der Waals surface area contributed by atoms with Crippen LogP contribution in [0.15, 0.2) is 48.5 Å². The Labute approximate surface area is 234 Å². The van der Waals surface area contributed by atoms with Crippen molar-refractivity contribution in [2.75, 3.05) is 26.7 Å². The lowest BCUT2D eigenvalue weighted by Crippen LogP contribution is -2.37. The lowest BCUT2D eigenvalue weighted by Gasteiger charge is -2.28. The molecule has 2 aromatic carbocycles. The van der Waals surface area contributed by atoms with E-state index < -0.39 is 11.2 Å². The number of halogens is 2. The van der Waals surface area contributed by atoms with Crippen molar-refractivity contribution in [3.05, 3.63) is 76.2 Å². The summed E-state index contributed by atoms with van der Waals surface area (Å²) in [7, 11) is 1.58. The topological polar surface area (TPSA) is 72.5 Å². The predicted octanol–water partition coefficient (Wildman–Crippen LogP) is 6.27. The molecule has 1 amide bonds. The van der Waals surface area contributed by atoms with Crippen LogP contribution in [0.2, 0.25) is 5.02 Å². The standard InChI is InChI=1S/C31H35ClFN3O3/c1-31(2,18-35-30(37)21-5-9-27(28(16-21)38-3)39-23-6-7-23)29-17-22(19-10-12-34-13-11-19)15-26(36-29)20-4-8-25(33)24(32)14-20/h4-5,8-9,14-17,19,23,34H,6-7,10-13,18H2,1-3H3,(H,35,37). The van der Waals surface area contributed by atoms with Gasteiger partial charge in [-0.05, 0) is 98.8 Å². The average molecular weight is 552 g/mol. The number of carbonyl (C=O) groups is 1. The third kappa shape index (κ3) is 6.53. The highest BCUT2D eigenvalue weighted by Crippen LogP contribution is 2.35. The van der Waals surface area contributed by atoms with Crippen LogP contribution < -0.4 is 20.1 Å². The Kier molecular flexibility index (Phi) is 8.10. The number of piperidine rings is 1. The first-order chi connectivity index (χ1) is 18.7. The van der Waals surface area contributed by atoms with Crippen molar-refractivity contribution in [2.45, 2.75) is 57.0 Å². The fourth-order valence-corrected chi connectivity index (χ4v) is 5.04. The first kappa shape index (κ1) is 27.4. The molecule has 1 aliphatic heterocycles. The van der Waals surface area contributed by atoms with Gasteiger partial charge in [-0.15, -0.1) is 0 Å². The second-order valence-electron chi connectivity index (χ2n) is 11.1. The number of carbonyl (C=O) groups excluding carboxylic acids is 1. The first-order valence-corrected chi connectivity index (χ1v) is 13.9. The normalized spacial score (nSPS) is 16.1. The number of hydrogen-bond acceptors (Lipinski definition) is 5. The van der Waals surface area contributed by atoms with E-state index in [1.807, 2.05) is 0 Å². The summed E-state index contributed by atoms with van der Waals surface area (Å²) < 4.78 is 25.2. The minimum absolute atomic E-state index is 0.0682. The Morgan fingerprint density at radius 3 is 2.54 bits per heavy atom. The van der Waals surface area contributed by atoms with Gasteiger partial charge in [-0.2, -0.15) is 0 Å². The van der Waals surface area contributed by atoms with Gasteiger partial charge in [0.25, 0.3) is 5.91 Å². The Balaban J connectivity index is 1.38. The lowest BCUT2D eigenvalue weighted by molar-refractivity contribution is 0.0945. The second kappa shape index (κ2) is 11.5. The fourth-order valence-electron chi connectivity index (χ4n) is 4.86. The van der Waals surface area contributed by atoms with E-state index in [-0.39, 0.29) is 17.0 Å². The fraction of sp³-hybridized carbons (Fsp3) is 0.419. The number of hydrogen-bond donors (Lipinski definition) is 2. The van der Waals surface area contributed by atoms with Crippen molar-refractivity contribution in [1.82, 2.24) is 15.6 Å². The van der Waals surface area contributed by atoms with E-state index in [1.54, 1.807) is 37.4 Å². The van der Waals surface area contributed by atoms with Crippen molar-refractivity contribution < 1.29 is 18.7 Å². The van der Waals surface area contributed by atoms with Gasteiger partial charge in [-0.1, -0.05) is 25.4 Å². The summed E-state index contributed by atoms with van der Waals surface area (Å²) in [6.07, 6.45) is 4.40. The van der Waals surface area contributed by atoms with Crippen LogP contribution in [-0.2, 0) is 5.41 Å². The van der Waals surface area contributed by atoms with Crippen LogP contribution in [-0.4, -0.2) is 43.7 Å². The molecule has 206 valence electrons. The Hall–Kier alpha value is -3.16. The van der Waals surface area contributed by atoms with E-state index in [2.05, 4.69) is 36.6 Å². The van der Waals surface area contributed by atoms with E-state index in [1.165, 1.54) is 11.6 Å². The smallest absolute Gasteiger partial charge is 0.251 e. The summed E-state index contributed by atoms with van der Waals surface area (Å²) in [4.78, 5) is 18.1. The minimum atomic E-state index is -0.476. The molecule has 0 spiro atoms. The van der Waals surface area contributed by atoms with Crippen molar-refractivity contribution >= 4 is 17.5 Å². The molecule has 1 aromatic heterocycles. The number of nitrogens with zero attached hydrogens (tertiary/aromatic N) is 1. The third-order valence-electron chi connectivity index (χ3n) is 7.50. The monoisotopic (exact) mass is 551 g/mol. The van der Waals surface area contributed by atoms with Gasteiger partial charge in [0, 0.05) is 28.8 Å². The van der Waals surface area contributed by atoms with E-state index >= 15 is 0 Å². The number of pyridine rings is 1. The van der Waals surface area contributed by atoms with Crippen molar-refractivity contribution in [3.63, 3.8) is 0 Å². The molecule has 3 aromatic rings. The van der Waals surface area contributed by atoms with Gasteiger partial charge in [0.05, 0.1) is 23.9 Å². The number of nitrogens with one attached hydrogen (secondary N) is 2. The highest BCUT2D eigenvalue weighted by molar-refractivity contribution is 6.31. The zero-order chi connectivity index (χ0) is 27.6. The number of methoxy groups -OCH3 is 1. The van der Waals surface area contributed by atoms with Gasteiger partial charge in [0.15, 0.2) is 11.5 Å². The van der Waals surface area contributed by atoms with Crippen LogP contribution >= 0.6 is 11.6 Å². The highest BCUT2D eigenvalue weighted by atomic mass is 35.5. The Morgan fingerprint density at radius 2 is 1.85 bits per heavy atom. The zero-order valence-corrected chi connectivity index (χ0v) is 23.4. The maximum Gasteiger partial charge on any atom is 0.251 e. The van der Waals surface area contributed by atoms with Crippen molar-refractivity contribution in [3.8, 4) is 22.8 Å². The van der Waals surface area contributed by atoms with E-state index in [4.69, 9.17) is 26.1 Å². The molecule has 6 nitrogen and oxygen atoms in total. The molecule has 0 unspecified atom stereocenters. The number of aromatic nitrogens is 1. The van der Waals surface area contributed by atoms with Crippen LogP contribution in [0.5, 0.6) is 11.5 Å². The average Bonchev–Trinajstić information content (AvgIpc) is 3.78. The van der Waals surface area contributed by atoms with Gasteiger partial charge in [0.1, 0.15) is 5.82 Å². The van der Waals surface area contributed by atoms with Crippen LogP contribution in [0.3, 0.4) is 0 Å². The van der Waals surface area contributed by atoms with Gasteiger partial charge in [0.2, 0.25) is 0 Å². The second-order valence-corrected chi connectivity index (χ2v) is 11.5. The SMILES string of the molecule is COc1cc(C(=O)NCC(C)(C)c2cc(C3CCNCC3)cc(-c3ccc(F)c(Cl)c3)n2)ccc1OC1CC1. The summed E-state index contributed by atoms with van der Waals surface area (Å²) in [6, 6.07) is 14.2. The maximum atomic E-state index is 13.9. The van der Waals surface area contributed by atoms with E-state index in [0.29, 0.717) is 29.5 Å². The minimum Gasteiger partial charge on any atom is -0.493 e. The lowest BCUT2D eigenvalue weighted by atomic mass is 9.83. The van der Waals surface area contributed by atoms with Gasteiger partial charge in [-0.3, -0.25) is 9.78 Å². The summed E-state index contributed by atoms with van der Waals surface area (Å²) in [5.74, 6) is 0.954. The molecule has 5 rings (SSSR count). The number of rotatable bonds is 9. The molecule has 2 fully saturated rings. The first-order valence-electron chi connectivity index (χ1n) is 13.5. The predicted molar refractivity (Wildman–Crippen MR) is 151 cm³/mol. The third-order valence-corrected chi connectivity index (χ3v) is 7.79. The molecule has 1 saturated carbocycles. The quantitative estimate of drug-likeness (QED) is 0.328. The largest absolute Gasteiger partial charge is 0.493 e. The molecule has 2 N–H and O–H groups in total. The van der Waals surface area contributed by atoms with Crippen LogP contribution in [0, 0.1) is 5.82 Å². The highest BCUT2D eigenvalue weighted by Gasteiger charge is 2.28. The molecular formula is C31H35ClFN3O3. The Morgan fingerprint density at radius 1 is 1.08 bits per heavy atom. The number of ether oxygens (including phenoxy) is 2. The van der Waals surface area contributed by atoms with E-state index in [9.17, 15) is 9.18 Å². The van der Waals surface area contributed by atoms with Gasteiger partial charge < -0.3 is 20.1 Å². The summed E-state index contributed by atoms with van der Waals surface area (Å²) in [5.41, 5.74) is 3.60. The van der Waals surface area contributed by atoms with Crippen molar-refractivity contribution in [2.24, 2.45) is 0 Å². The molecule has 39 heavy (non-hydrogen) atoms. The molecule has 2 heterocycles. The molecule has 1 aliphatic carbocycles. The Bertz CT molecular complexity index is 1350. The van der Waals surface area contributed by atoms with Crippen LogP contribution in [0.25, 0.3) is 11.3 Å².